The van der Waals surface area contributed by atoms with E-state index in [1.54, 1.807) is 30.3 Å². The second kappa shape index (κ2) is 12.3. The zero-order valence-electron chi connectivity index (χ0n) is 24.7. The summed E-state index contributed by atoms with van der Waals surface area (Å²) in [5, 5.41) is 21.5. The maximum Gasteiger partial charge on any atom is 0.338 e. The van der Waals surface area contributed by atoms with Gasteiger partial charge in [0, 0.05) is 32.3 Å². The number of rotatable bonds is 7. The lowest BCUT2D eigenvalue weighted by molar-refractivity contribution is -0.195. The van der Waals surface area contributed by atoms with Crippen LogP contribution in [0.4, 0.5) is 0 Å². The highest BCUT2D eigenvalue weighted by Gasteiger charge is 2.65. The van der Waals surface area contributed by atoms with Crippen LogP contribution in [0.1, 0.15) is 78.1 Å². The Morgan fingerprint density at radius 3 is 2.12 bits per heavy atom. The van der Waals surface area contributed by atoms with Gasteiger partial charge in [-0.2, -0.15) is 0 Å². The molecule has 2 aliphatic rings. The predicted molar refractivity (Wildman–Crippen MR) is 150 cm³/mol. The summed E-state index contributed by atoms with van der Waals surface area (Å²) in [6.45, 7) is 16.5. The topological polar surface area (TPSA) is 119 Å². The van der Waals surface area contributed by atoms with Crippen molar-refractivity contribution in [2.24, 2.45) is 22.7 Å². The Labute approximate surface area is 237 Å². The maximum absolute atomic E-state index is 13.6. The summed E-state index contributed by atoms with van der Waals surface area (Å²) in [4.78, 5) is 38.7. The maximum atomic E-state index is 13.6. The first-order chi connectivity index (χ1) is 18.7. The van der Waals surface area contributed by atoms with E-state index in [4.69, 9.17) is 14.2 Å². The number of aliphatic hydroxyl groups excluding tert-OH is 2. The third-order valence-electron chi connectivity index (χ3n) is 9.08. The molecule has 1 aromatic rings. The Balaban J connectivity index is 2.41. The van der Waals surface area contributed by atoms with Crippen LogP contribution in [0.2, 0.25) is 0 Å². The predicted octanol–water partition coefficient (Wildman–Crippen LogP) is 4.78. The van der Waals surface area contributed by atoms with Gasteiger partial charge in [-0.1, -0.05) is 51.1 Å². The number of hydrogen-bond acceptors (Lipinski definition) is 8. The Hall–Kier alpha value is -2.97. The third-order valence-corrected chi connectivity index (χ3v) is 9.08. The van der Waals surface area contributed by atoms with Gasteiger partial charge in [0.2, 0.25) is 0 Å². The molecule has 2 saturated carbocycles. The minimum atomic E-state index is -1.12. The summed E-state index contributed by atoms with van der Waals surface area (Å²) < 4.78 is 18.3. The average Bonchev–Trinajstić information content (AvgIpc) is 2.96. The second-order valence-corrected chi connectivity index (χ2v) is 12.0. The third kappa shape index (κ3) is 5.75. The Kier molecular flexibility index (Phi) is 9.68. The van der Waals surface area contributed by atoms with Gasteiger partial charge >= 0.3 is 17.9 Å². The summed E-state index contributed by atoms with van der Waals surface area (Å²) in [7, 11) is 0. The van der Waals surface area contributed by atoms with E-state index >= 15 is 0 Å². The first kappa shape index (κ1) is 31.6. The smallest absolute Gasteiger partial charge is 0.338 e. The number of allylic oxidation sites excluding steroid dienone is 1. The summed E-state index contributed by atoms with van der Waals surface area (Å²) in [5.74, 6) is -2.28. The molecular weight excluding hydrogens is 512 g/mol. The monoisotopic (exact) mass is 556 g/mol. The summed E-state index contributed by atoms with van der Waals surface area (Å²) in [6.07, 6.45) is -3.17. The van der Waals surface area contributed by atoms with E-state index < -0.39 is 59.1 Å². The molecule has 0 saturated heterocycles. The molecule has 0 heterocycles. The number of ether oxygens (including phenoxy) is 3. The summed E-state index contributed by atoms with van der Waals surface area (Å²) >= 11 is 0. The molecule has 3 rings (SSSR count). The van der Waals surface area contributed by atoms with Crippen molar-refractivity contribution in [1.82, 2.24) is 0 Å². The van der Waals surface area contributed by atoms with Crippen LogP contribution in [0.5, 0.6) is 0 Å². The number of fused-ring (bicyclic) bond motifs is 1. The molecule has 0 radical (unpaired) electrons. The number of aliphatic hydroxyl groups is 2. The van der Waals surface area contributed by atoms with E-state index in [0.717, 1.165) is 11.1 Å². The van der Waals surface area contributed by atoms with E-state index in [9.17, 15) is 24.6 Å². The molecule has 2 aliphatic carbocycles. The van der Waals surface area contributed by atoms with Crippen LogP contribution in [-0.4, -0.2) is 59.1 Å². The van der Waals surface area contributed by atoms with Crippen molar-refractivity contribution in [2.75, 3.05) is 6.61 Å². The van der Waals surface area contributed by atoms with E-state index in [1.165, 1.54) is 13.8 Å². The fourth-order valence-electron chi connectivity index (χ4n) is 7.11. The van der Waals surface area contributed by atoms with E-state index in [2.05, 4.69) is 6.58 Å². The Morgan fingerprint density at radius 1 is 1.02 bits per heavy atom. The van der Waals surface area contributed by atoms with Gasteiger partial charge in [-0.15, -0.1) is 0 Å². The van der Waals surface area contributed by atoms with E-state index in [1.807, 2.05) is 34.6 Å². The number of benzene rings is 1. The van der Waals surface area contributed by atoms with Crippen LogP contribution in [0.3, 0.4) is 0 Å². The molecular formula is C32H44O8. The van der Waals surface area contributed by atoms with Crippen molar-refractivity contribution in [3.8, 4) is 0 Å². The van der Waals surface area contributed by atoms with E-state index in [0.29, 0.717) is 24.0 Å². The summed E-state index contributed by atoms with van der Waals surface area (Å²) in [5.41, 5.74) is 0.641. The second-order valence-electron chi connectivity index (χ2n) is 12.0. The van der Waals surface area contributed by atoms with Gasteiger partial charge in [-0.25, -0.2) is 4.79 Å². The van der Waals surface area contributed by atoms with Crippen LogP contribution in [-0.2, 0) is 23.8 Å². The fourth-order valence-corrected chi connectivity index (χ4v) is 7.11. The molecule has 5 unspecified atom stereocenters. The first-order valence-corrected chi connectivity index (χ1v) is 14.0. The number of esters is 3. The Morgan fingerprint density at radius 2 is 1.62 bits per heavy atom. The van der Waals surface area contributed by atoms with Crippen molar-refractivity contribution in [1.29, 1.82) is 0 Å². The van der Waals surface area contributed by atoms with Gasteiger partial charge in [-0.05, 0) is 61.8 Å². The van der Waals surface area contributed by atoms with Gasteiger partial charge in [0.1, 0.15) is 6.10 Å². The normalized spacial score (nSPS) is 32.1. The molecule has 2 N–H and O–H groups in total. The van der Waals surface area contributed by atoms with Crippen molar-refractivity contribution in [3.63, 3.8) is 0 Å². The van der Waals surface area contributed by atoms with Crippen LogP contribution >= 0.6 is 0 Å². The SMILES string of the molecule is C=C1C2CC(CCO)(C(C)C)C(=C(C)C)C(OC(=O)c3ccccc3)[C@H](OC(C)=O)C2(C)C(OC(C)=O)C[C@@H]1O. The molecule has 0 aromatic heterocycles. The van der Waals surface area contributed by atoms with Crippen LogP contribution < -0.4 is 0 Å². The lowest BCUT2D eigenvalue weighted by atomic mass is 9.56. The lowest BCUT2D eigenvalue weighted by Crippen LogP contribution is -2.60. The van der Waals surface area contributed by atoms with Gasteiger partial charge < -0.3 is 24.4 Å². The van der Waals surface area contributed by atoms with Crippen LogP contribution in [0.15, 0.2) is 53.6 Å². The van der Waals surface area contributed by atoms with Gasteiger partial charge in [0.05, 0.1) is 17.1 Å². The molecule has 1 aromatic carbocycles. The van der Waals surface area contributed by atoms with Crippen molar-refractivity contribution >= 4 is 17.9 Å². The van der Waals surface area contributed by atoms with Crippen LogP contribution in [0, 0.1) is 22.7 Å². The zero-order chi connectivity index (χ0) is 30.0. The summed E-state index contributed by atoms with van der Waals surface area (Å²) in [6, 6.07) is 8.57. The molecule has 0 spiro atoms. The largest absolute Gasteiger partial charge is 0.462 e. The molecule has 0 aliphatic heterocycles. The van der Waals surface area contributed by atoms with Crippen molar-refractivity contribution in [3.05, 3.63) is 59.2 Å². The highest BCUT2D eigenvalue weighted by atomic mass is 16.6. The average molecular weight is 557 g/mol. The molecule has 0 bridgehead atoms. The van der Waals surface area contributed by atoms with Gasteiger partial charge in [-0.3, -0.25) is 9.59 Å². The van der Waals surface area contributed by atoms with Gasteiger partial charge in [0.15, 0.2) is 12.2 Å². The zero-order valence-corrected chi connectivity index (χ0v) is 24.7. The highest BCUT2D eigenvalue weighted by molar-refractivity contribution is 5.89. The van der Waals surface area contributed by atoms with Crippen LogP contribution in [0.25, 0.3) is 0 Å². The number of hydrogen-bond donors (Lipinski definition) is 2. The molecule has 0 amide bonds. The highest BCUT2D eigenvalue weighted by Crippen LogP contribution is 2.61. The quantitative estimate of drug-likeness (QED) is 0.280. The molecule has 7 atom stereocenters. The van der Waals surface area contributed by atoms with Crippen molar-refractivity contribution < 1.29 is 38.8 Å². The standard InChI is InChI=1S/C32H44O8/c1-18(2)27-28(40-30(37)23-12-10-9-11-13-23)29(39-22(7)35)31(8)24(17-32(27,14-15-33)19(3)4)20(5)25(36)16-26(31)38-21(6)34/h9-13,19,24-26,28-29,33,36H,5,14-17H2,1-4,6-8H3/t24?,25-,26?,28?,29-,31?,32?/m0/s1. The lowest BCUT2D eigenvalue weighted by Gasteiger charge is -2.52. The number of carbonyl (C=O) groups is 3. The molecule has 8 heteroatoms. The number of carbonyl (C=O) groups excluding carboxylic acids is 3. The fraction of sp³-hybridized carbons (Fsp3) is 0.594. The minimum Gasteiger partial charge on any atom is -0.462 e. The molecule has 8 nitrogen and oxygen atoms in total. The van der Waals surface area contributed by atoms with Gasteiger partial charge in [0.25, 0.3) is 0 Å². The molecule has 220 valence electrons. The minimum absolute atomic E-state index is 0.0538. The molecule has 40 heavy (non-hydrogen) atoms. The van der Waals surface area contributed by atoms with Crippen molar-refractivity contribution in [2.45, 2.75) is 92.1 Å². The van der Waals surface area contributed by atoms with E-state index in [-0.39, 0.29) is 18.9 Å². The Bertz CT molecular complexity index is 1150. The first-order valence-electron chi connectivity index (χ1n) is 14.0. The molecule has 2 fully saturated rings.